The van der Waals surface area contributed by atoms with Gasteiger partial charge >= 0.3 is 5.97 Å². The van der Waals surface area contributed by atoms with E-state index in [1.165, 1.54) is 0 Å². The Morgan fingerprint density at radius 2 is 2.09 bits per heavy atom. The fourth-order valence-electron chi connectivity index (χ4n) is 1.95. The van der Waals surface area contributed by atoms with Crippen LogP contribution < -0.4 is 4.74 Å². The number of methoxy groups -OCH3 is 1. The molecular weight excluding hydrogens is 318 g/mol. The van der Waals surface area contributed by atoms with E-state index in [4.69, 9.17) is 9.47 Å². The molecule has 122 valence electrons. The Morgan fingerprint density at radius 3 is 2.74 bits per heavy atom. The summed E-state index contributed by atoms with van der Waals surface area (Å²) in [5, 5.41) is -0.482. The number of nitrogens with zero attached hydrogens (tertiary/aromatic N) is 1. The van der Waals surface area contributed by atoms with Crippen molar-refractivity contribution in [2.75, 3.05) is 13.7 Å². The summed E-state index contributed by atoms with van der Waals surface area (Å²) < 4.78 is 10.1. The van der Waals surface area contributed by atoms with Gasteiger partial charge in [0.1, 0.15) is 12.3 Å². The van der Waals surface area contributed by atoms with Crippen LogP contribution in [0.15, 0.2) is 29.2 Å². The van der Waals surface area contributed by atoms with Crippen LogP contribution in [0.2, 0.25) is 0 Å². The zero-order chi connectivity index (χ0) is 17.0. The minimum absolute atomic E-state index is 0.264. The maximum Gasteiger partial charge on any atom is 0.326 e. The van der Waals surface area contributed by atoms with E-state index in [0.717, 1.165) is 22.2 Å². The van der Waals surface area contributed by atoms with Gasteiger partial charge in [0.2, 0.25) is 0 Å². The van der Waals surface area contributed by atoms with E-state index in [2.05, 4.69) is 0 Å². The topological polar surface area (TPSA) is 72.9 Å². The highest BCUT2D eigenvalue weighted by Gasteiger charge is 2.36. The maximum atomic E-state index is 12.3. The summed E-state index contributed by atoms with van der Waals surface area (Å²) in [4.78, 5) is 37.0. The van der Waals surface area contributed by atoms with Crippen molar-refractivity contribution in [2.45, 2.75) is 20.0 Å². The fraction of sp³-hybridized carbons (Fsp3) is 0.312. The molecule has 1 aromatic carbocycles. The number of thioether (sulfide) groups is 1. The van der Waals surface area contributed by atoms with E-state index in [0.29, 0.717) is 5.75 Å². The zero-order valence-electron chi connectivity index (χ0n) is 13.1. The Balaban J connectivity index is 2.14. The molecule has 0 bridgehead atoms. The summed E-state index contributed by atoms with van der Waals surface area (Å²) in [6.07, 6.45) is 1.30. The molecule has 0 aliphatic carbocycles. The van der Waals surface area contributed by atoms with Gasteiger partial charge in [-0.3, -0.25) is 19.3 Å². The van der Waals surface area contributed by atoms with Crippen molar-refractivity contribution in [2.24, 2.45) is 0 Å². The fourth-order valence-corrected chi connectivity index (χ4v) is 2.79. The molecule has 23 heavy (non-hydrogen) atoms. The Labute approximate surface area is 138 Å². The zero-order valence-corrected chi connectivity index (χ0v) is 13.9. The molecule has 2 rings (SSSR count). The van der Waals surface area contributed by atoms with Crippen molar-refractivity contribution < 1.29 is 23.9 Å². The van der Waals surface area contributed by atoms with Crippen LogP contribution in [0.5, 0.6) is 5.75 Å². The summed E-state index contributed by atoms with van der Waals surface area (Å²) in [6.45, 7) is 3.03. The third-order valence-corrected chi connectivity index (χ3v) is 3.83. The van der Waals surface area contributed by atoms with Gasteiger partial charge in [-0.25, -0.2) is 0 Å². The van der Waals surface area contributed by atoms with E-state index >= 15 is 0 Å². The molecule has 1 aromatic rings. The Kier molecular flexibility index (Phi) is 5.44. The van der Waals surface area contributed by atoms with Crippen molar-refractivity contribution in [1.82, 2.24) is 4.90 Å². The number of ether oxygens (including phenoxy) is 2. The quantitative estimate of drug-likeness (QED) is 0.608. The minimum Gasteiger partial charge on any atom is -0.497 e. The van der Waals surface area contributed by atoms with E-state index in [1.807, 2.05) is 0 Å². The molecule has 1 aliphatic rings. The largest absolute Gasteiger partial charge is 0.497 e. The van der Waals surface area contributed by atoms with E-state index in [9.17, 15) is 14.4 Å². The number of carbonyl (C=O) groups is 3. The van der Waals surface area contributed by atoms with Gasteiger partial charge in [-0.2, -0.15) is 0 Å². The second-order valence-electron chi connectivity index (χ2n) is 5.08. The van der Waals surface area contributed by atoms with Crippen LogP contribution in [-0.4, -0.2) is 41.8 Å². The van der Waals surface area contributed by atoms with Gasteiger partial charge in [-0.15, -0.1) is 0 Å². The molecule has 1 fully saturated rings. The predicted molar refractivity (Wildman–Crippen MR) is 86.9 cm³/mol. The molecule has 0 spiro atoms. The molecule has 0 N–H and O–H groups in total. The molecule has 0 unspecified atom stereocenters. The van der Waals surface area contributed by atoms with Gasteiger partial charge in [0, 0.05) is 0 Å². The second kappa shape index (κ2) is 7.32. The Hall–Kier alpha value is -2.28. The summed E-state index contributed by atoms with van der Waals surface area (Å²) in [7, 11) is 1.55. The molecule has 7 heteroatoms. The number of hydrogen-bond acceptors (Lipinski definition) is 6. The first-order valence-corrected chi connectivity index (χ1v) is 7.81. The van der Waals surface area contributed by atoms with Gasteiger partial charge in [0.25, 0.3) is 11.1 Å². The monoisotopic (exact) mass is 335 g/mol. The lowest BCUT2D eigenvalue weighted by Crippen LogP contribution is -2.35. The minimum atomic E-state index is -0.607. The highest BCUT2D eigenvalue weighted by molar-refractivity contribution is 8.18. The molecule has 1 aliphatic heterocycles. The van der Waals surface area contributed by atoms with Crippen LogP contribution in [0.4, 0.5) is 4.79 Å². The SMILES string of the molecule is COc1cccc(/C=C2\SC(=O)N(CC(=O)OC(C)C)C2=O)c1. The van der Waals surface area contributed by atoms with Crippen molar-refractivity contribution in [1.29, 1.82) is 0 Å². The van der Waals surface area contributed by atoms with Crippen molar-refractivity contribution in [3.8, 4) is 5.75 Å². The predicted octanol–water partition coefficient (Wildman–Crippen LogP) is 2.68. The van der Waals surface area contributed by atoms with Crippen LogP contribution in [0.25, 0.3) is 6.08 Å². The molecule has 0 saturated carbocycles. The number of benzene rings is 1. The molecule has 0 aromatic heterocycles. The lowest BCUT2D eigenvalue weighted by molar-refractivity contribution is -0.149. The van der Waals surface area contributed by atoms with Crippen molar-refractivity contribution in [3.63, 3.8) is 0 Å². The number of amides is 2. The van der Waals surface area contributed by atoms with Crippen molar-refractivity contribution >= 4 is 35.0 Å². The third-order valence-electron chi connectivity index (χ3n) is 2.92. The molecule has 1 heterocycles. The average molecular weight is 335 g/mol. The normalized spacial score (nSPS) is 16.3. The van der Waals surface area contributed by atoms with Crippen LogP contribution >= 0.6 is 11.8 Å². The number of imide groups is 1. The number of hydrogen-bond donors (Lipinski definition) is 0. The smallest absolute Gasteiger partial charge is 0.326 e. The van der Waals surface area contributed by atoms with E-state index in [-0.39, 0.29) is 17.6 Å². The standard InChI is InChI=1S/C16H17NO5S/c1-10(2)22-14(18)9-17-15(19)13(23-16(17)20)8-11-5-4-6-12(7-11)21-3/h4-8,10H,9H2,1-3H3/b13-8-. The first-order chi connectivity index (χ1) is 10.9. The van der Waals surface area contributed by atoms with E-state index < -0.39 is 17.1 Å². The molecule has 0 atom stereocenters. The van der Waals surface area contributed by atoms with Crippen LogP contribution in [0, 0.1) is 0 Å². The summed E-state index contributed by atoms with van der Waals surface area (Å²) in [5.41, 5.74) is 0.736. The lowest BCUT2D eigenvalue weighted by Gasteiger charge is -2.13. The average Bonchev–Trinajstić information content (AvgIpc) is 2.74. The molecule has 2 amide bonds. The van der Waals surface area contributed by atoms with Crippen LogP contribution in [0.1, 0.15) is 19.4 Å². The number of rotatable bonds is 5. The van der Waals surface area contributed by atoms with Crippen LogP contribution in [-0.2, 0) is 14.3 Å². The summed E-state index contributed by atoms with van der Waals surface area (Å²) in [6, 6.07) is 7.12. The van der Waals surface area contributed by atoms with Gasteiger partial charge in [-0.1, -0.05) is 12.1 Å². The first kappa shape index (κ1) is 17.1. The summed E-state index contributed by atoms with van der Waals surface area (Å²) >= 11 is 0.801. The molecule has 6 nitrogen and oxygen atoms in total. The van der Waals surface area contributed by atoms with Gasteiger partial charge in [0.05, 0.1) is 18.1 Å². The number of carbonyl (C=O) groups excluding carboxylic acids is 3. The molecule has 1 saturated heterocycles. The molecule has 0 radical (unpaired) electrons. The molecular formula is C16H17NO5S. The first-order valence-electron chi connectivity index (χ1n) is 6.99. The Bertz CT molecular complexity index is 668. The third kappa shape index (κ3) is 4.35. The summed E-state index contributed by atoms with van der Waals surface area (Å²) in [5.74, 6) is -0.452. The van der Waals surface area contributed by atoms with Gasteiger partial charge < -0.3 is 9.47 Å². The second-order valence-corrected chi connectivity index (χ2v) is 6.08. The van der Waals surface area contributed by atoms with Crippen molar-refractivity contribution in [3.05, 3.63) is 34.7 Å². The maximum absolute atomic E-state index is 12.3. The number of esters is 1. The highest BCUT2D eigenvalue weighted by Crippen LogP contribution is 2.32. The van der Waals surface area contributed by atoms with Gasteiger partial charge in [-0.05, 0) is 49.4 Å². The highest BCUT2D eigenvalue weighted by atomic mass is 32.2. The van der Waals surface area contributed by atoms with Crippen LogP contribution in [0.3, 0.4) is 0 Å². The Morgan fingerprint density at radius 1 is 1.35 bits per heavy atom. The van der Waals surface area contributed by atoms with Gasteiger partial charge in [0.15, 0.2) is 0 Å². The lowest BCUT2D eigenvalue weighted by atomic mass is 10.2. The van der Waals surface area contributed by atoms with E-state index in [1.54, 1.807) is 51.3 Å².